The number of pyridine rings is 1. The van der Waals surface area contributed by atoms with Crippen molar-refractivity contribution < 1.29 is 56.6 Å². The van der Waals surface area contributed by atoms with Crippen LogP contribution in [0.15, 0.2) is 18.3 Å². The number of nitrogens with one attached hydrogen (secondary N) is 1. The molecule has 3 fully saturated rings. The molecule has 4 aliphatic rings. The molecular formula is C30H38F4N5O7+. The fourth-order valence-corrected chi connectivity index (χ4v) is 6.56. The van der Waals surface area contributed by atoms with Crippen LogP contribution in [-0.4, -0.2) is 105 Å². The first-order valence-corrected chi connectivity index (χ1v) is 15.4. The molecule has 6 rings (SSSR count). The van der Waals surface area contributed by atoms with Crippen LogP contribution in [0.5, 0.6) is 5.88 Å². The molecule has 12 nitrogen and oxygen atoms in total. The predicted molar refractivity (Wildman–Crippen MR) is 150 cm³/mol. The number of aliphatic hydroxyl groups excluding tert-OH is 1. The van der Waals surface area contributed by atoms with Crippen LogP contribution in [0.1, 0.15) is 66.7 Å². The third kappa shape index (κ3) is 7.60. The van der Waals surface area contributed by atoms with E-state index in [1.165, 1.54) is 6.07 Å². The van der Waals surface area contributed by atoms with Crippen LogP contribution in [0.3, 0.4) is 0 Å². The molecule has 0 spiro atoms. The molecule has 4 atom stereocenters. The molecule has 0 unspecified atom stereocenters. The molecule has 2 aliphatic carbocycles. The van der Waals surface area contributed by atoms with E-state index < -0.39 is 18.0 Å². The smallest absolute Gasteiger partial charge is 0.475 e. The third-order valence-corrected chi connectivity index (χ3v) is 8.95. The molecule has 0 bridgehead atoms. The maximum Gasteiger partial charge on any atom is 0.490 e. The number of nitrogens with zero attached hydrogens (tertiary/aromatic N) is 4. The summed E-state index contributed by atoms with van der Waals surface area (Å²) >= 11 is 0. The van der Waals surface area contributed by atoms with Gasteiger partial charge in [0.05, 0.1) is 19.3 Å². The molecule has 252 valence electrons. The molecule has 2 saturated heterocycles. The van der Waals surface area contributed by atoms with Crippen LogP contribution >= 0.6 is 0 Å². The normalized spacial score (nSPS) is 24.0. The van der Waals surface area contributed by atoms with Gasteiger partial charge in [0.2, 0.25) is 11.7 Å². The number of piperidine rings is 2. The Morgan fingerprint density at radius 3 is 2.43 bits per heavy atom. The Morgan fingerprint density at radius 1 is 1.11 bits per heavy atom. The Bertz CT molecular complexity index is 1430. The molecule has 0 radical (unpaired) electrons. The van der Waals surface area contributed by atoms with Crippen LogP contribution in [-0.2, 0) is 27.3 Å². The predicted octanol–water partition coefficient (Wildman–Crippen LogP) is 2.20. The van der Waals surface area contributed by atoms with Crippen molar-refractivity contribution in [3.63, 3.8) is 0 Å². The number of H-pyrrole nitrogens is 1. The molecule has 2 aromatic rings. The highest BCUT2D eigenvalue weighted by molar-refractivity contribution is 5.95. The van der Waals surface area contributed by atoms with Crippen molar-refractivity contribution in [2.75, 3.05) is 32.8 Å². The lowest BCUT2D eigenvalue weighted by molar-refractivity contribution is -0.400. The van der Waals surface area contributed by atoms with E-state index in [-0.39, 0.29) is 49.1 Å². The molecule has 0 aromatic carbocycles. The minimum Gasteiger partial charge on any atom is -0.475 e. The number of amides is 2. The minimum atomic E-state index is -5.08. The number of aliphatic carboxylic acids is 1. The van der Waals surface area contributed by atoms with Gasteiger partial charge in [0, 0.05) is 55.8 Å². The molecule has 1 saturated carbocycles. The summed E-state index contributed by atoms with van der Waals surface area (Å²) in [6.07, 6.45) is 1.09. The number of carbonyl (C=O) groups is 3. The lowest BCUT2D eigenvalue weighted by Crippen LogP contribution is -2.49. The van der Waals surface area contributed by atoms with Crippen LogP contribution < -0.4 is 9.72 Å². The number of hydrogen-bond donors (Lipinski definition) is 2. The number of rotatable bonds is 8. The molecule has 3 N–H and O–H groups in total. The second-order valence-corrected chi connectivity index (χ2v) is 12.1. The van der Waals surface area contributed by atoms with Crippen LogP contribution in [0.4, 0.5) is 17.6 Å². The van der Waals surface area contributed by atoms with E-state index in [0.717, 1.165) is 36.9 Å². The fraction of sp³-hybridized carbons (Fsp3) is 0.633. The number of fused-ring (bicyclic) bond motifs is 3. The first kappa shape index (κ1) is 33.6. The lowest BCUT2D eigenvalue weighted by Gasteiger charge is -2.37. The van der Waals surface area contributed by atoms with Crippen LogP contribution in [0.25, 0.3) is 0 Å². The first-order chi connectivity index (χ1) is 21.9. The van der Waals surface area contributed by atoms with Crippen molar-refractivity contribution in [1.82, 2.24) is 19.6 Å². The second kappa shape index (κ2) is 13.9. The van der Waals surface area contributed by atoms with Gasteiger partial charge in [-0.15, -0.1) is 0 Å². The molecule has 4 heterocycles. The molecule has 2 amide bonds. The number of likely N-dealkylation sites (tertiary alicyclic amines) is 2. The summed E-state index contributed by atoms with van der Waals surface area (Å²) in [5.74, 6) is -2.20. The van der Waals surface area contributed by atoms with Gasteiger partial charge >= 0.3 is 18.0 Å². The van der Waals surface area contributed by atoms with Gasteiger partial charge in [0.25, 0.3) is 5.91 Å². The zero-order chi connectivity index (χ0) is 33.2. The SMILES string of the molecule is C[C@@H]1C[C@H](Oc2[nH+]cccc2F)CCN1C(=O)Cn1nc(C(=O)N2CCC(OCCO)CC2)c2c1C[C@H]1C[C@@H]21.O=C(O)C(F)(F)F. The number of aromatic nitrogens is 3. The van der Waals surface area contributed by atoms with Crippen molar-refractivity contribution in [1.29, 1.82) is 0 Å². The molecular weight excluding hydrogens is 618 g/mol. The van der Waals surface area contributed by atoms with Crippen molar-refractivity contribution in [3.8, 4) is 5.88 Å². The van der Waals surface area contributed by atoms with Gasteiger partial charge in [-0.05, 0) is 50.5 Å². The summed E-state index contributed by atoms with van der Waals surface area (Å²) < 4.78 is 59.0. The number of carboxylic acids is 1. The topological polar surface area (TPSA) is 149 Å². The highest BCUT2D eigenvalue weighted by atomic mass is 19.4. The summed E-state index contributed by atoms with van der Waals surface area (Å²) in [5.41, 5.74) is 2.60. The zero-order valence-electron chi connectivity index (χ0n) is 25.3. The van der Waals surface area contributed by atoms with Crippen LogP contribution in [0, 0.1) is 11.7 Å². The van der Waals surface area contributed by atoms with E-state index in [1.807, 2.05) is 16.7 Å². The average molecular weight is 657 g/mol. The maximum absolute atomic E-state index is 14.0. The average Bonchev–Trinajstić information content (AvgIpc) is 3.54. The highest BCUT2D eigenvalue weighted by Crippen LogP contribution is 2.57. The summed E-state index contributed by atoms with van der Waals surface area (Å²) in [6.45, 7) is 4.15. The second-order valence-electron chi connectivity index (χ2n) is 12.1. The van der Waals surface area contributed by atoms with Gasteiger partial charge in [-0.3, -0.25) is 14.3 Å². The largest absolute Gasteiger partial charge is 0.490 e. The zero-order valence-corrected chi connectivity index (χ0v) is 25.3. The number of carboxylic acid groups (broad SMARTS) is 1. The van der Waals surface area contributed by atoms with E-state index in [4.69, 9.17) is 29.6 Å². The van der Waals surface area contributed by atoms with Gasteiger partial charge in [0.1, 0.15) is 12.6 Å². The van der Waals surface area contributed by atoms with E-state index in [9.17, 15) is 27.2 Å². The summed E-state index contributed by atoms with van der Waals surface area (Å²) in [4.78, 5) is 42.4. The van der Waals surface area contributed by atoms with Crippen LogP contribution in [0.2, 0.25) is 0 Å². The van der Waals surface area contributed by atoms with E-state index in [2.05, 4.69) is 4.98 Å². The summed E-state index contributed by atoms with van der Waals surface area (Å²) in [5, 5.41) is 20.9. The van der Waals surface area contributed by atoms with E-state index >= 15 is 0 Å². The Hall–Kier alpha value is -3.79. The van der Waals surface area contributed by atoms with Gasteiger partial charge in [-0.1, -0.05) is 0 Å². The molecule has 46 heavy (non-hydrogen) atoms. The third-order valence-electron chi connectivity index (χ3n) is 8.95. The van der Waals surface area contributed by atoms with Crippen molar-refractivity contribution in [2.24, 2.45) is 5.92 Å². The number of hydrogen-bond acceptors (Lipinski definition) is 7. The van der Waals surface area contributed by atoms with Crippen molar-refractivity contribution in [2.45, 2.75) is 82.3 Å². The monoisotopic (exact) mass is 656 g/mol. The molecule has 2 aliphatic heterocycles. The van der Waals surface area contributed by atoms with Gasteiger partial charge in [-0.25, -0.2) is 4.79 Å². The molecule has 16 heteroatoms. The lowest BCUT2D eigenvalue weighted by atomic mass is 10.0. The van der Waals surface area contributed by atoms with Crippen molar-refractivity contribution >= 4 is 17.8 Å². The Morgan fingerprint density at radius 2 is 1.80 bits per heavy atom. The Balaban J connectivity index is 0.000000537. The maximum atomic E-state index is 14.0. The number of halogens is 4. The number of carbonyl (C=O) groups excluding carboxylic acids is 2. The number of alkyl halides is 3. The Labute approximate surface area is 262 Å². The highest BCUT2D eigenvalue weighted by Gasteiger charge is 2.51. The van der Waals surface area contributed by atoms with Gasteiger partial charge in [-0.2, -0.15) is 27.6 Å². The first-order valence-electron chi connectivity index (χ1n) is 15.4. The van der Waals surface area contributed by atoms with Gasteiger partial charge < -0.3 is 29.5 Å². The van der Waals surface area contributed by atoms with Crippen molar-refractivity contribution in [3.05, 3.63) is 41.1 Å². The summed E-state index contributed by atoms with van der Waals surface area (Å²) in [6, 6.07) is 2.88. The summed E-state index contributed by atoms with van der Waals surface area (Å²) in [7, 11) is 0. The minimum absolute atomic E-state index is 0.000961. The number of aromatic amines is 1. The fourth-order valence-electron chi connectivity index (χ4n) is 6.56. The van der Waals surface area contributed by atoms with E-state index in [0.29, 0.717) is 56.6 Å². The van der Waals surface area contributed by atoms with E-state index in [1.54, 1.807) is 16.9 Å². The Kier molecular flexibility index (Phi) is 10.2. The standard InChI is InChI=1S/C28H36FN5O5.C2HF3O2/c1-17-13-20(39-27-22(29)3-2-7-30-27)6-10-33(17)24(36)16-34-23-15-18-14-21(18)25(23)26(31-34)28(37)32-8-4-19(5-9-32)38-12-11-35;3-2(4,5)1(6)7/h2-3,7,17-21,35H,4-6,8-16H2,1H3;(H,6,7)/p+1/t17-,18-,20-,21-;/m1./s1. The number of ether oxygens (including phenoxy) is 2. The quantitative estimate of drug-likeness (QED) is 0.411. The number of aliphatic hydroxyl groups is 1. The van der Waals surface area contributed by atoms with Gasteiger partial charge in [0.15, 0.2) is 11.9 Å². The molecule has 2 aromatic heterocycles.